The van der Waals surface area contributed by atoms with E-state index in [9.17, 15) is 4.79 Å². The third kappa shape index (κ3) is 4.77. The number of ether oxygens (including phenoxy) is 4. The minimum atomic E-state index is -0.488. The summed E-state index contributed by atoms with van der Waals surface area (Å²) in [6, 6.07) is 14.1. The van der Waals surface area contributed by atoms with Gasteiger partial charge in [-0.2, -0.15) is 4.98 Å². The standard InChI is InChI=1S/C22H22N2O6/c1-26-19-7-3-2-6-18(19)21-23-20(30-24-21)14-29-22(25)15-8-10-16(11-9-15)28-13-17-5-4-12-27-17/h2-3,6-11,17H,4-5,12-14H2,1H3/t17-/m1/s1. The highest BCUT2D eigenvalue weighted by Crippen LogP contribution is 2.27. The second-order valence-corrected chi connectivity index (χ2v) is 6.76. The van der Waals surface area contributed by atoms with E-state index in [0.717, 1.165) is 19.4 Å². The highest BCUT2D eigenvalue weighted by Gasteiger charge is 2.17. The van der Waals surface area contributed by atoms with Gasteiger partial charge in [-0.15, -0.1) is 0 Å². The van der Waals surface area contributed by atoms with E-state index in [2.05, 4.69) is 10.1 Å². The van der Waals surface area contributed by atoms with Gasteiger partial charge in [0.15, 0.2) is 6.61 Å². The Morgan fingerprint density at radius 1 is 1.17 bits per heavy atom. The molecule has 0 saturated carbocycles. The predicted octanol–water partition coefficient (Wildman–Crippen LogP) is 3.66. The molecular weight excluding hydrogens is 388 g/mol. The second kappa shape index (κ2) is 9.41. The van der Waals surface area contributed by atoms with Gasteiger partial charge >= 0.3 is 5.97 Å². The normalized spacial score (nSPS) is 15.7. The maximum absolute atomic E-state index is 12.3. The topological polar surface area (TPSA) is 92.9 Å². The van der Waals surface area contributed by atoms with E-state index < -0.39 is 5.97 Å². The first-order valence-electron chi connectivity index (χ1n) is 9.70. The summed E-state index contributed by atoms with van der Waals surface area (Å²) in [5, 5.41) is 3.93. The number of para-hydroxylation sites is 1. The van der Waals surface area contributed by atoms with Crippen LogP contribution in [0.5, 0.6) is 11.5 Å². The summed E-state index contributed by atoms with van der Waals surface area (Å²) < 4.78 is 27.0. The molecule has 156 valence electrons. The highest BCUT2D eigenvalue weighted by molar-refractivity contribution is 5.89. The Hall–Kier alpha value is -3.39. The molecule has 1 aromatic heterocycles. The van der Waals surface area contributed by atoms with E-state index in [-0.39, 0.29) is 18.6 Å². The number of esters is 1. The van der Waals surface area contributed by atoms with Crippen molar-refractivity contribution in [2.75, 3.05) is 20.3 Å². The van der Waals surface area contributed by atoms with Gasteiger partial charge in [-0.3, -0.25) is 0 Å². The van der Waals surface area contributed by atoms with Crippen LogP contribution in [-0.4, -0.2) is 42.5 Å². The smallest absolute Gasteiger partial charge is 0.338 e. The van der Waals surface area contributed by atoms with Crippen LogP contribution < -0.4 is 9.47 Å². The van der Waals surface area contributed by atoms with E-state index in [4.69, 9.17) is 23.5 Å². The first kappa shape index (κ1) is 19.9. The van der Waals surface area contributed by atoms with Crippen molar-refractivity contribution in [1.29, 1.82) is 0 Å². The summed E-state index contributed by atoms with van der Waals surface area (Å²) in [6.07, 6.45) is 2.22. The third-order valence-electron chi connectivity index (χ3n) is 4.69. The lowest BCUT2D eigenvalue weighted by molar-refractivity contribution is 0.0429. The number of hydrogen-bond donors (Lipinski definition) is 0. The van der Waals surface area contributed by atoms with Gasteiger partial charge in [0.05, 0.1) is 24.3 Å². The zero-order valence-corrected chi connectivity index (χ0v) is 16.6. The van der Waals surface area contributed by atoms with Crippen LogP contribution in [0.25, 0.3) is 11.4 Å². The molecular formula is C22H22N2O6. The first-order chi connectivity index (χ1) is 14.7. The minimum Gasteiger partial charge on any atom is -0.496 e. The molecule has 0 spiro atoms. The van der Waals surface area contributed by atoms with Gasteiger partial charge in [0, 0.05) is 6.61 Å². The number of benzene rings is 2. The van der Waals surface area contributed by atoms with Gasteiger partial charge in [0.25, 0.3) is 5.89 Å². The number of methoxy groups -OCH3 is 1. The molecule has 4 rings (SSSR count). The molecule has 0 bridgehead atoms. The van der Waals surface area contributed by atoms with Crippen molar-refractivity contribution in [3.05, 3.63) is 60.0 Å². The summed E-state index contributed by atoms with van der Waals surface area (Å²) in [4.78, 5) is 16.5. The van der Waals surface area contributed by atoms with Gasteiger partial charge in [-0.1, -0.05) is 17.3 Å². The molecule has 1 aliphatic rings. The van der Waals surface area contributed by atoms with E-state index in [1.807, 2.05) is 18.2 Å². The Labute approximate surface area is 173 Å². The number of hydrogen-bond acceptors (Lipinski definition) is 8. The van der Waals surface area contributed by atoms with Crippen molar-refractivity contribution in [2.45, 2.75) is 25.6 Å². The van der Waals surface area contributed by atoms with E-state index in [1.165, 1.54) is 0 Å². The number of rotatable bonds is 8. The fraction of sp³-hybridized carbons (Fsp3) is 0.318. The van der Waals surface area contributed by atoms with Gasteiger partial charge in [0.1, 0.15) is 18.1 Å². The summed E-state index contributed by atoms with van der Waals surface area (Å²) in [7, 11) is 1.57. The van der Waals surface area contributed by atoms with Crippen LogP contribution in [0.3, 0.4) is 0 Å². The molecule has 0 radical (unpaired) electrons. The molecule has 30 heavy (non-hydrogen) atoms. The SMILES string of the molecule is COc1ccccc1-c1noc(COC(=O)c2ccc(OC[C@H]3CCCO3)cc2)n1. The quantitative estimate of drug-likeness (QED) is 0.520. The van der Waals surface area contributed by atoms with Crippen LogP contribution in [0.1, 0.15) is 29.1 Å². The van der Waals surface area contributed by atoms with Gasteiger partial charge in [-0.05, 0) is 49.2 Å². The molecule has 0 N–H and O–H groups in total. The van der Waals surface area contributed by atoms with E-state index in [1.54, 1.807) is 37.4 Å². The van der Waals surface area contributed by atoms with Crippen molar-refractivity contribution < 1.29 is 28.3 Å². The Balaban J connectivity index is 1.31. The van der Waals surface area contributed by atoms with Crippen LogP contribution >= 0.6 is 0 Å². The fourth-order valence-corrected chi connectivity index (χ4v) is 3.12. The molecule has 2 aromatic carbocycles. The Morgan fingerprint density at radius 2 is 2.00 bits per heavy atom. The molecule has 1 fully saturated rings. The molecule has 2 heterocycles. The van der Waals surface area contributed by atoms with Crippen molar-refractivity contribution in [1.82, 2.24) is 10.1 Å². The average Bonchev–Trinajstić information content (AvgIpc) is 3.48. The van der Waals surface area contributed by atoms with Crippen LogP contribution in [0, 0.1) is 0 Å². The maximum Gasteiger partial charge on any atom is 0.338 e. The van der Waals surface area contributed by atoms with Crippen LogP contribution in [0.15, 0.2) is 53.1 Å². The lowest BCUT2D eigenvalue weighted by Crippen LogP contribution is -2.16. The van der Waals surface area contributed by atoms with Crippen LogP contribution in [-0.2, 0) is 16.1 Å². The molecule has 3 aromatic rings. The summed E-state index contributed by atoms with van der Waals surface area (Å²) >= 11 is 0. The predicted molar refractivity (Wildman–Crippen MR) is 106 cm³/mol. The zero-order valence-electron chi connectivity index (χ0n) is 16.6. The van der Waals surface area contributed by atoms with Crippen LogP contribution in [0.2, 0.25) is 0 Å². The lowest BCUT2D eigenvalue weighted by atomic mass is 10.2. The van der Waals surface area contributed by atoms with Crippen LogP contribution in [0.4, 0.5) is 0 Å². The lowest BCUT2D eigenvalue weighted by Gasteiger charge is -2.11. The fourth-order valence-electron chi connectivity index (χ4n) is 3.12. The molecule has 0 aliphatic carbocycles. The van der Waals surface area contributed by atoms with Gasteiger partial charge < -0.3 is 23.5 Å². The highest BCUT2D eigenvalue weighted by atomic mass is 16.6. The number of carbonyl (C=O) groups is 1. The second-order valence-electron chi connectivity index (χ2n) is 6.76. The molecule has 0 amide bonds. The monoisotopic (exact) mass is 410 g/mol. The summed E-state index contributed by atoms with van der Waals surface area (Å²) in [5.41, 5.74) is 1.10. The summed E-state index contributed by atoms with van der Waals surface area (Å²) in [5.74, 6) is 1.38. The van der Waals surface area contributed by atoms with Crippen molar-refractivity contribution in [2.24, 2.45) is 0 Å². The average molecular weight is 410 g/mol. The van der Waals surface area contributed by atoms with Crippen molar-refractivity contribution in [3.8, 4) is 22.9 Å². The number of aromatic nitrogens is 2. The number of carbonyl (C=O) groups excluding carboxylic acids is 1. The molecule has 1 atom stereocenters. The third-order valence-corrected chi connectivity index (χ3v) is 4.69. The Kier molecular flexibility index (Phi) is 6.24. The molecule has 8 heteroatoms. The Bertz CT molecular complexity index is 979. The molecule has 1 aliphatic heterocycles. The first-order valence-corrected chi connectivity index (χ1v) is 9.70. The van der Waals surface area contributed by atoms with E-state index >= 15 is 0 Å². The number of nitrogens with zero attached hydrogens (tertiary/aromatic N) is 2. The molecule has 1 saturated heterocycles. The largest absolute Gasteiger partial charge is 0.496 e. The molecule has 0 unspecified atom stereocenters. The zero-order chi connectivity index (χ0) is 20.8. The molecule has 8 nitrogen and oxygen atoms in total. The summed E-state index contributed by atoms with van der Waals surface area (Å²) in [6.45, 7) is 1.17. The van der Waals surface area contributed by atoms with Crippen molar-refractivity contribution >= 4 is 5.97 Å². The Morgan fingerprint density at radius 3 is 2.77 bits per heavy atom. The van der Waals surface area contributed by atoms with Gasteiger partial charge in [0.2, 0.25) is 5.82 Å². The van der Waals surface area contributed by atoms with E-state index in [0.29, 0.717) is 35.1 Å². The van der Waals surface area contributed by atoms with Gasteiger partial charge in [-0.25, -0.2) is 4.79 Å². The maximum atomic E-state index is 12.3. The minimum absolute atomic E-state index is 0.127. The van der Waals surface area contributed by atoms with Crippen molar-refractivity contribution in [3.63, 3.8) is 0 Å².